The van der Waals surface area contributed by atoms with Crippen molar-refractivity contribution < 1.29 is 12.8 Å². The number of hydrogen-bond donors (Lipinski definition) is 1. The van der Waals surface area contributed by atoms with Crippen LogP contribution >= 0.6 is 0 Å². The Morgan fingerprint density at radius 2 is 1.31 bits per heavy atom. The second kappa shape index (κ2) is 0.267. The minimum atomic E-state index is -3.02. The fourth-order valence-electron chi connectivity index (χ4n) is 17.1. The van der Waals surface area contributed by atoms with Crippen molar-refractivity contribution in [3.63, 3.8) is 0 Å². The molecule has 1 spiro atoms. The van der Waals surface area contributed by atoms with Gasteiger partial charge in [0.25, 0.3) is 0 Å². The SMILES string of the molecule is OC[C]12[CH]3[CH]4[CH]5[CH]1[Ru]45321678[CH]2[CH]1[CH]6[CH]7[CH]28. The molecule has 4 unspecified atom stereocenters. The van der Waals surface area contributed by atoms with Crippen LogP contribution in [0.2, 0.25) is 44.6 Å². The van der Waals surface area contributed by atoms with Crippen molar-refractivity contribution >= 4 is 0 Å². The van der Waals surface area contributed by atoms with Crippen molar-refractivity contribution in [3.05, 3.63) is 0 Å². The Morgan fingerprint density at radius 1 is 0.846 bits per heavy atom. The van der Waals surface area contributed by atoms with E-state index in [-0.39, 0.29) is 0 Å². The molecule has 2 heteroatoms. The summed E-state index contributed by atoms with van der Waals surface area (Å²) >= 11 is 0. The molecule has 1 nitrogen and oxygen atoms in total. The van der Waals surface area contributed by atoms with Crippen LogP contribution in [0.5, 0.6) is 0 Å². The van der Waals surface area contributed by atoms with Crippen LogP contribution < -0.4 is 0 Å². The molecule has 10 rings (SSSR count). The third-order valence-corrected chi connectivity index (χ3v) is 82.8. The summed E-state index contributed by atoms with van der Waals surface area (Å²) in [4.78, 5) is 0. The van der Waals surface area contributed by atoms with Crippen LogP contribution in [0.25, 0.3) is 0 Å². The summed E-state index contributed by atoms with van der Waals surface area (Å²) in [6.45, 7) is 0.689. The first-order chi connectivity index (χ1) is 6.11. The van der Waals surface area contributed by atoms with Gasteiger partial charge in [0.1, 0.15) is 0 Å². The van der Waals surface area contributed by atoms with Crippen LogP contribution in [0, 0.1) is 0 Å². The normalized spacial score (nSPS) is 152. The zero-order valence-corrected chi connectivity index (χ0v) is 8.94. The summed E-state index contributed by atoms with van der Waals surface area (Å²) in [5, 5.41) is 9.90. The number of aliphatic hydroxyl groups is 1. The molecular weight excluding hydrogens is 249 g/mol. The maximum atomic E-state index is 9.90. The fraction of sp³-hybridized carbons (Fsp3) is 1.00. The molecular formula is C11H12ORu. The van der Waals surface area contributed by atoms with Crippen LogP contribution in [0.1, 0.15) is 0 Å². The topological polar surface area (TPSA) is 20.2 Å². The van der Waals surface area contributed by atoms with Gasteiger partial charge in [-0.25, -0.2) is 0 Å². The van der Waals surface area contributed by atoms with Crippen molar-refractivity contribution in [2.45, 2.75) is 44.6 Å². The Bertz CT molecular complexity index is 770. The quantitative estimate of drug-likeness (QED) is 0.720. The van der Waals surface area contributed by atoms with E-state index in [2.05, 4.69) is 0 Å². The van der Waals surface area contributed by atoms with E-state index in [9.17, 15) is 5.11 Å². The van der Waals surface area contributed by atoms with Gasteiger partial charge in [-0.3, -0.25) is 0 Å². The first-order valence-electron chi connectivity index (χ1n) is 5.93. The van der Waals surface area contributed by atoms with E-state index in [1.165, 1.54) is 40.6 Å². The van der Waals surface area contributed by atoms with Crippen molar-refractivity contribution in [1.29, 1.82) is 0 Å². The molecule has 0 aliphatic carbocycles. The van der Waals surface area contributed by atoms with Crippen LogP contribution in [0.15, 0.2) is 0 Å². The summed E-state index contributed by atoms with van der Waals surface area (Å²) in [7, 11) is -3.02. The van der Waals surface area contributed by atoms with Gasteiger partial charge in [-0.2, -0.15) is 0 Å². The van der Waals surface area contributed by atoms with Crippen LogP contribution in [0.4, 0.5) is 0 Å². The van der Waals surface area contributed by atoms with Gasteiger partial charge in [0.2, 0.25) is 0 Å². The summed E-state index contributed by atoms with van der Waals surface area (Å²) in [5.41, 5.74) is 0. The summed E-state index contributed by atoms with van der Waals surface area (Å²) in [6, 6.07) is 0. The van der Waals surface area contributed by atoms with Gasteiger partial charge in [0.15, 0.2) is 0 Å². The predicted molar refractivity (Wildman–Crippen MR) is 43.5 cm³/mol. The molecule has 0 aromatic rings. The van der Waals surface area contributed by atoms with Crippen molar-refractivity contribution in [2.75, 3.05) is 6.61 Å². The van der Waals surface area contributed by atoms with Gasteiger partial charge in [-0.15, -0.1) is 0 Å². The van der Waals surface area contributed by atoms with E-state index < -0.39 is 7.72 Å². The standard InChI is InChI=1S/C6H7O.C5H5.Ru/c7-5-6-3-1-2-4-6;1-2-4-5-3-1;/h1-4,7H,5H2;1-5H;. The molecule has 0 amide bonds. The molecule has 1 N–H and O–H groups in total. The molecule has 0 aromatic carbocycles. The van der Waals surface area contributed by atoms with Crippen molar-refractivity contribution in [1.82, 2.24) is 0 Å². The predicted octanol–water partition coefficient (Wildman–Crippen LogP) is 2.74. The van der Waals surface area contributed by atoms with Crippen LogP contribution in [-0.4, -0.2) is 11.7 Å². The Hall–Kier alpha value is 0.583. The van der Waals surface area contributed by atoms with E-state index >= 15 is 0 Å². The first-order valence-corrected chi connectivity index (χ1v) is 15.8. The van der Waals surface area contributed by atoms with Gasteiger partial charge in [0, 0.05) is 0 Å². The molecule has 10 fully saturated rings. The molecule has 13 heavy (non-hydrogen) atoms. The monoisotopic (exact) mass is 262 g/mol. The summed E-state index contributed by atoms with van der Waals surface area (Å²) < 4.78 is 13.4. The molecule has 70 valence electrons. The van der Waals surface area contributed by atoms with E-state index in [0.29, 0.717) is 6.61 Å². The van der Waals surface area contributed by atoms with Gasteiger partial charge in [-0.1, -0.05) is 0 Å². The van der Waals surface area contributed by atoms with Crippen LogP contribution in [-0.2, 0) is 7.72 Å². The van der Waals surface area contributed by atoms with Crippen molar-refractivity contribution in [2.24, 2.45) is 0 Å². The molecule has 0 aromatic heterocycles. The molecule has 0 saturated carbocycles. The van der Waals surface area contributed by atoms with Gasteiger partial charge in [0.05, 0.1) is 0 Å². The molecule has 10 saturated heterocycles. The molecule has 10 heterocycles. The van der Waals surface area contributed by atoms with Gasteiger partial charge in [-0.05, 0) is 0 Å². The Morgan fingerprint density at radius 3 is 1.38 bits per heavy atom. The number of fused-ring (bicyclic) bond motifs is 10. The molecule has 0 radical (unpaired) electrons. The number of rotatable bonds is 1. The number of aliphatic hydroxyl groups excluding tert-OH is 1. The van der Waals surface area contributed by atoms with E-state index in [4.69, 9.17) is 0 Å². The summed E-state index contributed by atoms with van der Waals surface area (Å²) in [6.07, 6.45) is 0. The first kappa shape index (κ1) is 4.22. The van der Waals surface area contributed by atoms with Gasteiger partial charge >= 0.3 is 64.1 Å². The third kappa shape index (κ3) is 0.0300. The minimum absolute atomic E-state index is 0.689. The Labute approximate surface area is 64.2 Å². The Balaban J connectivity index is 2.08. The van der Waals surface area contributed by atoms with Crippen LogP contribution in [0.3, 0.4) is 0 Å². The van der Waals surface area contributed by atoms with E-state index in [1.54, 1.807) is 0 Å². The number of hydrogen-bond acceptors (Lipinski definition) is 1. The zero-order chi connectivity index (χ0) is 7.72. The van der Waals surface area contributed by atoms with E-state index in [1.807, 2.05) is 0 Å². The second-order valence-electron chi connectivity index (χ2n) is 9.99. The third-order valence-electron chi connectivity index (χ3n) is 15.2. The van der Waals surface area contributed by atoms with E-state index in [0.717, 1.165) is 4.01 Å². The molecule has 10 aliphatic heterocycles. The maximum absolute atomic E-state index is 9.90. The summed E-state index contributed by atoms with van der Waals surface area (Å²) in [5.74, 6) is 0. The fourth-order valence-corrected chi connectivity index (χ4v) is 151. The molecule has 0 bridgehead atoms. The van der Waals surface area contributed by atoms with Gasteiger partial charge < -0.3 is 0 Å². The van der Waals surface area contributed by atoms with Crippen molar-refractivity contribution in [3.8, 4) is 0 Å². The average molecular weight is 261 g/mol. The molecule has 4 atom stereocenters. The second-order valence-corrected chi connectivity index (χ2v) is 47.3. The zero-order valence-electron chi connectivity index (χ0n) is 7.20. The Kier molecular flexibility index (Phi) is 0.0865. The average Bonchev–Trinajstić information content (AvgIpc) is 3.12. The molecule has 10 aliphatic rings.